The van der Waals surface area contributed by atoms with E-state index in [4.69, 9.17) is 0 Å². The van der Waals surface area contributed by atoms with E-state index in [0.717, 1.165) is 83.6 Å². The maximum Gasteiger partial charge on any atom is 0.501 e. The molecule has 5 atom stereocenters. The summed E-state index contributed by atoms with van der Waals surface area (Å²) in [5, 5.41) is 19.7. The molecule has 4 heterocycles. The number of nitrogens with one attached hydrogen (secondary N) is 4. The fraction of sp³-hybridized carbons (Fsp3) is 0.570. The molecule has 20 nitrogen and oxygen atoms in total. The third-order valence-electron chi connectivity index (χ3n) is 22.8. The molecule has 2 bridgehead atoms. The number of aliphatic hydroxyl groups is 1. The van der Waals surface area contributed by atoms with Gasteiger partial charge in [-0.15, -0.1) is 23.1 Å². The lowest BCUT2D eigenvalue weighted by Gasteiger charge is -2.73. The minimum absolute atomic E-state index is 0.0150. The summed E-state index contributed by atoms with van der Waals surface area (Å²) in [6.07, 6.45) is 11.2. The second-order valence-corrected chi connectivity index (χ2v) is 37.8. The predicted molar refractivity (Wildman–Crippen MR) is 409 cm³/mol. The third kappa shape index (κ3) is 19.0. The number of rotatable bonds is 30. The van der Waals surface area contributed by atoms with E-state index in [0.29, 0.717) is 93.6 Å². The fourth-order valence-electron chi connectivity index (χ4n) is 16.4. The SMILES string of the molecule is CCC12CC(C3=C(CN4CCN(c5ccc(C(=O)NS(=O)(=O)c6ccc(N[C@H](CCN7CCN(C(=O)CCCCCCC(=O)N[C@H](C(=O)N8C[C@H](O)C[C@H]8C(=O)N[C@@H](C)c8ccc(-c9scnc9C)cc8)C(C)(C)C)CC7)CSc7ccccc7)c(S(=O)(=O)C(F)(F)F)c6)cc5)CC4)CCC(C)(C)C3)(C1)C2. The van der Waals surface area contributed by atoms with Crippen LogP contribution in [0.1, 0.15) is 172 Å². The number of likely N-dealkylation sites (tertiary alicyclic amines) is 1. The van der Waals surface area contributed by atoms with Gasteiger partial charge in [-0.25, -0.2) is 26.5 Å². The van der Waals surface area contributed by atoms with Crippen molar-refractivity contribution in [2.75, 3.05) is 88.0 Å². The Kier molecular flexibility index (Phi) is 25.1. The Morgan fingerprint density at radius 3 is 2.09 bits per heavy atom. The highest BCUT2D eigenvalue weighted by Gasteiger charge is 2.68. The number of sulfonamides is 1. The molecule has 1 aromatic heterocycles. The van der Waals surface area contributed by atoms with Crippen LogP contribution in [0.3, 0.4) is 0 Å². The van der Waals surface area contributed by atoms with Crippen LogP contribution in [0.25, 0.3) is 10.4 Å². The van der Waals surface area contributed by atoms with Crippen LogP contribution in [0.4, 0.5) is 24.5 Å². The summed E-state index contributed by atoms with van der Waals surface area (Å²) >= 11 is 2.96. The van der Waals surface area contributed by atoms with Gasteiger partial charge >= 0.3 is 5.51 Å². The topological polar surface area (TPSA) is 251 Å². The fourth-order valence-corrected chi connectivity index (χ4v) is 20.2. The Morgan fingerprint density at radius 2 is 1.46 bits per heavy atom. The number of anilines is 2. The number of hydrogen-bond donors (Lipinski definition) is 5. The van der Waals surface area contributed by atoms with Gasteiger partial charge in [0.15, 0.2) is 0 Å². The first-order valence-corrected chi connectivity index (χ1v) is 42.3. The maximum atomic E-state index is 14.6. The molecule has 0 unspecified atom stereocenters. The van der Waals surface area contributed by atoms with Gasteiger partial charge in [0, 0.05) is 119 Å². The summed E-state index contributed by atoms with van der Waals surface area (Å²) < 4.78 is 100. The number of carbonyl (C=O) groups is 5. The highest BCUT2D eigenvalue weighted by atomic mass is 32.2. The molecule has 3 saturated carbocycles. The molecule has 12 rings (SSSR count). The number of aromatic nitrogens is 1. The molecule has 5 aromatic rings. The van der Waals surface area contributed by atoms with Crippen LogP contribution in [0.2, 0.25) is 0 Å². The molecule has 3 saturated heterocycles. The van der Waals surface area contributed by atoms with Gasteiger partial charge in [0.2, 0.25) is 23.6 Å². The summed E-state index contributed by atoms with van der Waals surface area (Å²) in [6.45, 7) is 22.9. The number of halogens is 3. The van der Waals surface area contributed by atoms with E-state index >= 15 is 0 Å². The molecular weight excluding hydrogens is 1430 g/mol. The van der Waals surface area contributed by atoms with Crippen molar-refractivity contribution >= 4 is 83.9 Å². The smallest absolute Gasteiger partial charge is 0.391 e. The number of piperazine rings is 2. The number of hydrogen-bond acceptors (Lipinski definition) is 17. The highest BCUT2D eigenvalue weighted by molar-refractivity contribution is 7.99. The number of thiazole rings is 1. The summed E-state index contributed by atoms with van der Waals surface area (Å²) in [7, 11) is -11.1. The molecular formula is C79H105F3N10O10S4. The van der Waals surface area contributed by atoms with Crippen LogP contribution < -0.4 is 25.6 Å². The van der Waals surface area contributed by atoms with E-state index in [2.05, 4.69) is 56.4 Å². The van der Waals surface area contributed by atoms with E-state index in [9.17, 15) is 59.1 Å². The van der Waals surface area contributed by atoms with E-state index in [1.165, 1.54) is 67.3 Å². The predicted octanol–water partition coefficient (Wildman–Crippen LogP) is 12.6. The first kappa shape index (κ1) is 80.1. The van der Waals surface area contributed by atoms with Gasteiger partial charge in [0.05, 0.1) is 38.8 Å². The molecule has 5 N–H and O–H groups in total. The van der Waals surface area contributed by atoms with E-state index < -0.39 is 88.2 Å². The number of benzene rings is 4. The largest absolute Gasteiger partial charge is 0.501 e. The van der Waals surface area contributed by atoms with Gasteiger partial charge in [-0.3, -0.25) is 33.8 Å². The number of thioether (sulfide) groups is 1. The molecule has 4 aliphatic carbocycles. The van der Waals surface area contributed by atoms with Crippen LogP contribution in [-0.4, -0.2) is 184 Å². The zero-order valence-electron chi connectivity index (χ0n) is 62.4. The van der Waals surface area contributed by atoms with Gasteiger partial charge in [0.1, 0.15) is 17.0 Å². The molecule has 0 radical (unpaired) electrons. The molecule has 0 spiro atoms. The van der Waals surface area contributed by atoms with Crippen molar-refractivity contribution in [1.29, 1.82) is 0 Å². The van der Waals surface area contributed by atoms with Gasteiger partial charge in [-0.05, 0) is 159 Å². The van der Waals surface area contributed by atoms with Crippen LogP contribution in [0.5, 0.6) is 0 Å². The monoisotopic (exact) mass is 1540 g/mol. The zero-order valence-corrected chi connectivity index (χ0v) is 65.6. The number of unbranched alkanes of at least 4 members (excludes halogenated alkanes) is 3. The Labute approximate surface area is 631 Å². The lowest BCUT2D eigenvalue weighted by atomic mass is 9.31. The summed E-state index contributed by atoms with van der Waals surface area (Å²) in [5.74, 6) is -1.95. The lowest BCUT2D eigenvalue weighted by molar-refractivity contribution is -0.182. The summed E-state index contributed by atoms with van der Waals surface area (Å²) in [5.41, 5.74) is 3.17. The van der Waals surface area contributed by atoms with Crippen LogP contribution in [-0.2, 0) is 39.0 Å². The number of alkyl halides is 3. The van der Waals surface area contributed by atoms with Gasteiger partial charge in [-0.1, -0.05) is 114 Å². The molecule has 106 heavy (non-hydrogen) atoms. The Bertz CT molecular complexity index is 4210. The molecule has 576 valence electrons. The standard InChI is InChI=1S/C79H105F3N10O10S4/c1-9-77-49-78(50-77,51-77)64-45-76(7,8)33-31-58(64)46-89-37-39-90(40-38-89)60-27-25-57(26-28-60)72(96)87-106(101,102)63-29-30-65(67(44-63)105(99,100)79(80,81)82)85-59(48-103-62-17-13-12-14-18-62)32-34-88-35-41-91(42-36-88)69(95)20-16-11-10-15-19-68(94)86-71(75(4,5)6)74(98)92-47-61(93)43-66(92)73(97)84-53(2)55-21-23-56(24-22-55)70-54(3)83-52-104-70/h12-14,17-18,21-30,44,52-53,59,61,66,71,85,93H,9-11,15-16,19-20,31-43,45-51H2,1-8H3,(H,84,97)(H,86,94)(H,87,96)/t53-,59+,61+,66-,71+,77?,78?/m0/s1. The quantitative estimate of drug-likeness (QED) is 0.0163. The second-order valence-electron chi connectivity index (χ2n) is 32.2. The lowest BCUT2D eigenvalue weighted by Crippen LogP contribution is -2.63. The number of carbonyl (C=O) groups excluding carboxylic acids is 5. The average molecular weight is 1540 g/mol. The first-order chi connectivity index (χ1) is 50.1. The number of β-amino-alcohol motifs (C(OH)–C–C–N with tert-alkyl or cyclic N) is 1. The Balaban J connectivity index is 0.630. The Hall–Kier alpha value is -6.88. The van der Waals surface area contributed by atoms with Crippen molar-refractivity contribution in [1.82, 2.24) is 39.9 Å². The number of allylic oxidation sites excluding steroid dienone is 1. The number of amides is 5. The van der Waals surface area contributed by atoms with E-state index in [-0.39, 0.29) is 48.6 Å². The number of nitrogens with zero attached hydrogens (tertiary/aromatic N) is 6. The van der Waals surface area contributed by atoms with E-state index in [1.807, 2.05) is 93.9 Å². The number of sulfone groups is 1. The molecule has 3 aliphatic heterocycles. The molecule has 27 heteroatoms. The van der Waals surface area contributed by atoms with Gasteiger partial charge in [-0.2, -0.15) is 13.2 Å². The minimum Gasteiger partial charge on any atom is -0.391 e. The van der Waals surface area contributed by atoms with Crippen LogP contribution >= 0.6 is 23.1 Å². The second kappa shape index (κ2) is 33.1. The molecule has 6 fully saturated rings. The Morgan fingerprint density at radius 1 is 0.802 bits per heavy atom. The first-order valence-electron chi connectivity index (χ1n) is 37.5. The van der Waals surface area contributed by atoms with Gasteiger partial charge in [0.25, 0.3) is 25.8 Å². The van der Waals surface area contributed by atoms with Gasteiger partial charge < -0.3 is 35.8 Å². The van der Waals surface area contributed by atoms with Crippen molar-refractivity contribution in [2.24, 2.45) is 21.7 Å². The van der Waals surface area contributed by atoms with Crippen LogP contribution in [0, 0.1) is 28.6 Å². The summed E-state index contributed by atoms with van der Waals surface area (Å²) in [4.78, 5) is 82.8. The molecule has 4 aromatic carbocycles. The maximum absolute atomic E-state index is 14.6. The molecule has 5 amide bonds. The zero-order chi connectivity index (χ0) is 76.2. The van der Waals surface area contributed by atoms with Crippen molar-refractivity contribution < 1.29 is 59.1 Å². The molecule has 7 aliphatic rings. The van der Waals surface area contributed by atoms with Crippen molar-refractivity contribution in [2.45, 2.75) is 202 Å². The van der Waals surface area contributed by atoms with Crippen molar-refractivity contribution in [3.8, 4) is 10.4 Å². The minimum atomic E-state index is -6.17. The van der Waals surface area contributed by atoms with Crippen molar-refractivity contribution in [3.05, 3.63) is 131 Å². The highest BCUT2D eigenvalue weighted by Crippen LogP contribution is 2.79. The van der Waals surface area contributed by atoms with E-state index in [1.54, 1.807) is 45.0 Å². The van der Waals surface area contributed by atoms with Crippen molar-refractivity contribution in [3.63, 3.8) is 0 Å². The normalized spacial score (nSPS) is 22.4. The van der Waals surface area contributed by atoms with Crippen LogP contribution in [0.15, 0.2) is 128 Å². The number of aryl methyl sites for hydroxylation is 1. The third-order valence-corrected chi connectivity index (χ3v) is 27.8. The summed E-state index contributed by atoms with van der Waals surface area (Å²) in [6, 6.07) is 23.1. The average Bonchev–Trinajstić information content (AvgIpc) is 0.745. The number of aliphatic hydroxyl groups excluding tert-OH is 1.